The molecule has 1 saturated heterocycles. The van der Waals surface area contributed by atoms with E-state index in [2.05, 4.69) is 5.32 Å². The van der Waals surface area contributed by atoms with Crippen molar-refractivity contribution in [1.29, 1.82) is 0 Å². The number of nitrogens with one attached hydrogen (secondary N) is 1. The van der Waals surface area contributed by atoms with Gasteiger partial charge in [0.05, 0.1) is 0 Å². The van der Waals surface area contributed by atoms with Crippen molar-refractivity contribution in [3.8, 4) is 0 Å². The van der Waals surface area contributed by atoms with E-state index in [0.29, 0.717) is 24.1 Å². The first-order valence-electron chi connectivity index (χ1n) is 8.12. The van der Waals surface area contributed by atoms with Gasteiger partial charge in [0.25, 0.3) is 5.91 Å². The van der Waals surface area contributed by atoms with Gasteiger partial charge in [-0.1, -0.05) is 18.2 Å². The monoisotopic (exact) mass is 337 g/mol. The summed E-state index contributed by atoms with van der Waals surface area (Å²) in [5, 5.41) is 2.82. The van der Waals surface area contributed by atoms with Crippen LogP contribution in [-0.4, -0.2) is 24.3 Å². The van der Waals surface area contributed by atoms with Crippen molar-refractivity contribution in [1.82, 2.24) is 5.32 Å². The molecule has 2 aromatic rings. The normalized spacial score (nSPS) is 13.8. The first kappa shape index (κ1) is 16.7. The van der Waals surface area contributed by atoms with Gasteiger partial charge in [0.2, 0.25) is 11.8 Å². The van der Waals surface area contributed by atoms with Crippen LogP contribution < -0.4 is 16.0 Å². The second-order valence-corrected chi connectivity index (χ2v) is 5.95. The van der Waals surface area contributed by atoms with Crippen molar-refractivity contribution in [2.24, 2.45) is 5.73 Å². The number of anilines is 1. The number of benzene rings is 2. The van der Waals surface area contributed by atoms with Crippen LogP contribution in [-0.2, 0) is 11.3 Å². The second-order valence-electron chi connectivity index (χ2n) is 5.95. The second kappa shape index (κ2) is 7.17. The van der Waals surface area contributed by atoms with E-state index < -0.39 is 5.91 Å². The molecule has 3 amide bonds. The lowest BCUT2D eigenvalue weighted by molar-refractivity contribution is -0.117. The summed E-state index contributed by atoms with van der Waals surface area (Å²) in [6.45, 7) is 0.969. The van der Waals surface area contributed by atoms with Crippen molar-refractivity contribution in [2.75, 3.05) is 11.4 Å². The van der Waals surface area contributed by atoms with Gasteiger partial charge in [-0.05, 0) is 42.3 Å². The SMILES string of the molecule is NC(=O)c1cccc(CNC(=O)c2cccc(N3CCCC3=O)c2)c1. The smallest absolute Gasteiger partial charge is 0.251 e. The number of nitrogens with zero attached hydrogens (tertiary/aromatic N) is 1. The number of amides is 3. The van der Waals surface area contributed by atoms with Crippen molar-refractivity contribution < 1.29 is 14.4 Å². The number of nitrogens with two attached hydrogens (primary N) is 1. The lowest BCUT2D eigenvalue weighted by atomic mass is 10.1. The number of primary amides is 1. The third-order valence-electron chi connectivity index (χ3n) is 4.16. The van der Waals surface area contributed by atoms with Gasteiger partial charge in [0, 0.05) is 36.3 Å². The van der Waals surface area contributed by atoms with E-state index >= 15 is 0 Å². The summed E-state index contributed by atoms with van der Waals surface area (Å²) in [4.78, 5) is 37.1. The number of rotatable bonds is 5. The largest absolute Gasteiger partial charge is 0.366 e. The molecular weight excluding hydrogens is 318 g/mol. The molecule has 1 aliphatic heterocycles. The van der Waals surface area contributed by atoms with Crippen molar-refractivity contribution in [2.45, 2.75) is 19.4 Å². The Labute approximate surface area is 145 Å². The Morgan fingerprint density at radius 2 is 1.84 bits per heavy atom. The van der Waals surface area contributed by atoms with Gasteiger partial charge in [0.15, 0.2) is 0 Å². The molecule has 0 aliphatic carbocycles. The van der Waals surface area contributed by atoms with E-state index in [0.717, 1.165) is 17.7 Å². The van der Waals surface area contributed by atoms with Crippen LogP contribution in [0.5, 0.6) is 0 Å². The molecule has 0 aromatic heterocycles. The lowest BCUT2D eigenvalue weighted by Gasteiger charge is -2.16. The van der Waals surface area contributed by atoms with Gasteiger partial charge in [-0.15, -0.1) is 0 Å². The third kappa shape index (κ3) is 3.85. The minimum atomic E-state index is -0.504. The molecule has 6 nitrogen and oxygen atoms in total. The number of hydrogen-bond acceptors (Lipinski definition) is 3. The molecule has 0 saturated carbocycles. The molecule has 0 radical (unpaired) electrons. The molecular formula is C19H19N3O3. The van der Waals surface area contributed by atoms with E-state index in [1.807, 2.05) is 12.1 Å². The first-order valence-corrected chi connectivity index (χ1v) is 8.12. The van der Waals surface area contributed by atoms with E-state index in [1.165, 1.54) is 0 Å². The number of carbonyl (C=O) groups excluding carboxylic acids is 3. The van der Waals surface area contributed by atoms with Gasteiger partial charge < -0.3 is 16.0 Å². The summed E-state index contributed by atoms with van der Waals surface area (Å²) >= 11 is 0. The van der Waals surface area contributed by atoms with Gasteiger partial charge in [-0.3, -0.25) is 14.4 Å². The van der Waals surface area contributed by atoms with Gasteiger partial charge in [-0.2, -0.15) is 0 Å². The summed E-state index contributed by atoms with van der Waals surface area (Å²) in [6.07, 6.45) is 1.39. The Bertz CT molecular complexity index is 832. The topological polar surface area (TPSA) is 92.5 Å². The van der Waals surface area contributed by atoms with Crippen LogP contribution in [0.3, 0.4) is 0 Å². The summed E-state index contributed by atoms with van der Waals surface area (Å²) in [5.41, 5.74) is 7.68. The Hall–Kier alpha value is -3.15. The molecule has 1 aliphatic rings. The van der Waals surface area contributed by atoms with Crippen molar-refractivity contribution >= 4 is 23.4 Å². The molecule has 3 rings (SSSR count). The van der Waals surface area contributed by atoms with E-state index in [1.54, 1.807) is 41.3 Å². The Morgan fingerprint density at radius 1 is 1.08 bits per heavy atom. The summed E-state index contributed by atoms with van der Waals surface area (Å²) < 4.78 is 0. The first-order chi connectivity index (χ1) is 12.0. The van der Waals surface area contributed by atoms with Crippen LogP contribution in [0.1, 0.15) is 39.1 Å². The fraction of sp³-hybridized carbons (Fsp3) is 0.211. The molecule has 1 fully saturated rings. The highest BCUT2D eigenvalue weighted by molar-refractivity contribution is 5.99. The van der Waals surface area contributed by atoms with Gasteiger partial charge in [-0.25, -0.2) is 0 Å². The zero-order valence-electron chi connectivity index (χ0n) is 13.7. The Balaban J connectivity index is 1.68. The molecule has 1 heterocycles. The van der Waals surface area contributed by atoms with Gasteiger partial charge in [0.1, 0.15) is 0 Å². The average Bonchev–Trinajstić information content (AvgIpc) is 3.06. The van der Waals surface area contributed by atoms with Crippen LogP contribution in [0.25, 0.3) is 0 Å². The standard InChI is InChI=1S/C19H19N3O3/c20-18(24)14-5-1-4-13(10-14)12-21-19(25)15-6-2-7-16(11-15)22-9-3-8-17(22)23/h1-2,4-7,10-11H,3,8-9,12H2,(H2,20,24)(H,21,25). The van der Waals surface area contributed by atoms with Crippen LogP contribution >= 0.6 is 0 Å². The predicted molar refractivity (Wildman–Crippen MR) is 94.2 cm³/mol. The minimum Gasteiger partial charge on any atom is -0.366 e. The van der Waals surface area contributed by atoms with Gasteiger partial charge >= 0.3 is 0 Å². The molecule has 3 N–H and O–H groups in total. The Kier molecular flexibility index (Phi) is 4.79. The maximum Gasteiger partial charge on any atom is 0.251 e. The van der Waals surface area contributed by atoms with Crippen LogP contribution in [0.4, 0.5) is 5.69 Å². The highest BCUT2D eigenvalue weighted by atomic mass is 16.2. The quantitative estimate of drug-likeness (QED) is 0.872. The molecule has 2 aromatic carbocycles. The van der Waals surface area contributed by atoms with Crippen LogP contribution in [0, 0.1) is 0 Å². The molecule has 6 heteroatoms. The van der Waals surface area contributed by atoms with Crippen molar-refractivity contribution in [3.05, 3.63) is 65.2 Å². The van der Waals surface area contributed by atoms with E-state index in [9.17, 15) is 14.4 Å². The molecule has 0 atom stereocenters. The summed E-state index contributed by atoms with van der Waals surface area (Å²) in [6, 6.07) is 13.8. The molecule has 0 spiro atoms. The Morgan fingerprint density at radius 3 is 2.56 bits per heavy atom. The lowest BCUT2D eigenvalue weighted by Crippen LogP contribution is -2.26. The summed E-state index contributed by atoms with van der Waals surface area (Å²) in [5.74, 6) is -0.657. The van der Waals surface area contributed by atoms with Crippen LogP contribution in [0.15, 0.2) is 48.5 Å². The zero-order chi connectivity index (χ0) is 17.8. The van der Waals surface area contributed by atoms with Crippen molar-refractivity contribution in [3.63, 3.8) is 0 Å². The summed E-state index contributed by atoms with van der Waals surface area (Å²) in [7, 11) is 0. The van der Waals surface area contributed by atoms with E-state index in [4.69, 9.17) is 5.73 Å². The average molecular weight is 337 g/mol. The minimum absolute atomic E-state index is 0.0841. The third-order valence-corrected chi connectivity index (χ3v) is 4.16. The fourth-order valence-corrected chi connectivity index (χ4v) is 2.86. The number of hydrogen-bond donors (Lipinski definition) is 2. The van der Waals surface area contributed by atoms with E-state index in [-0.39, 0.29) is 18.4 Å². The molecule has 0 bridgehead atoms. The molecule has 0 unspecified atom stereocenters. The fourth-order valence-electron chi connectivity index (χ4n) is 2.86. The maximum atomic E-state index is 12.4. The van der Waals surface area contributed by atoms with Crippen LogP contribution in [0.2, 0.25) is 0 Å². The number of carbonyl (C=O) groups is 3. The zero-order valence-corrected chi connectivity index (χ0v) is 13.7. The highest BCUT2D eigenvalue weighted by Gasteiger charge is 2.22. The highest BCUT2D eigenvalue weighted by Crippen LogP contribution is 2.22. The predicted octanol–water partition coefficient (Wildman–Crippen LogP) is 1.84. The maximum absolute atomic E-state index is 12.4. The molecule has 25 heavy (non-hydrogen) atoms. The molecule has 128 valence electrons.